The highest BCUT2D eigenvalue weighted by molar-refractivity contribution is 7.23. The van der Waals surface area contributed by atoms with Gasteiger partial charge in [0.05, 0.1) is 27.3 Å². The lowest BCUT2D eigenvalue weighted by Gasteiger charge is -2.17. The standard InChI is InChI=1S/C16H13Cl2N3OS/c17-12-14-11(23-15(12)18)6-10(20-14)16(22)21-9-5-7-3-1-2-4-8(7)13(9)19/h1-4,6,9,13,20H,5,19H2,(H,21,22)/t9-,13+/m0/s1. The highest BCUT2D eigenvalue weighted by Crippen LogP contribution is 2.39. The molecule has 1 aliphatic carbocycles. The van der Waals surface area contributed by atoms with Crippen LogP contribution in [0.4, 0.5) is 0 Å². The third-order valence-electron chi connectivity index (χ3n) is 4.22. The van der Waals surface area contributed by atoms with Gasteiger partial charge in [-0.2, -0.15) is 0 Å². The third-order valence-corrected chi connectivity index (χ3v) is 6.15. The SMILES string of the molecule is N[C@@H]1c2ccccc2C[C@@H]1NC(=O)c1cc2sc(Cl)c(Cl)c2[nH]1. The normalized spacial score (nSPS) is 20.0. The van der Waals surface area contributed by atoms with Crippen LogP contribution in [-0.2, 0) is 6.42 Å². The third kappa shape index (κ3) is 2.44. The Balaban J connectivity index is 1.56. The summed E-state index contributed by atoms with van der Waals surface area (Å²) in [5.41, 5.74) is 9.71. The number of aromatic amines is 1. The van der Waals surface area contributed by atoms with E-state index in [9.17, 15) is 4.79 Å². The smallest absolute Gasteiger partial charge is 0.268 e. The molecule has 0 bridgehead atoms. The van der Waals surface area contributed by atoms with Crippen LogP contribution in [0.5, 0.6) is 0 Å². The molecular formula is C16H13Cl2N3OS. The molecule has 0 saturated heterocycles. The van der Waals surface area contributed by atoms with E-state index >= 15 is 0 Å². The van der Waals surface area contributed by atoms with E-state index in [0.29, 0.717) is 20.6 Å². The molecule has 1 aromatic carbocycles. The lowest BCUT2D eigenvalue weighted by molar-refractivity contribution is 0.0929. The molecule has 2 aromatic heterocycles. The van der Waals surface area contributed by atoms with Gasteiger partial charge in [0.15, 0.2) is 0 Å². The van der Waals surface area contributed by atoms with Gasteiger partial charge in [0.2, 0.25) is 0 Å². The number of thiophene rings is 1. The molecule has 1 aliphatic rings. The summed E-state index contributed by atoms with van der Waals surface area (Å²) in [5.74, 6) is -0.186. The Morgan fingerprint density at radius 1 is 1.35 bits per heavy atom. The molecule has 118 valence electrons. The van der Waals surface area contributed by atoms with Crippen LogP contribution in [0.25, 0.3) is 10.2 Å². The number of carbonyl (C=O) groups excluding carboxylic acids is 1. The van der Waals surface area contributed by atoms with Crippen molar-refractivity contribution in [2.45, 2.75) is 18.5 Å². The molecule has 0 radical (unpaired) electrons. The molecule has 0 unspecified atom stereocenters. The summed E-state index contributed by atoms with van der Waals surface area (Å²) >= 11 is 13.4. The molecular weight excluding hydrogens is 353 g/mol. The predicted octanol–water partition coefficient (Wildman–Crippen LogP) is 3.89. The molecule has 0 saturated carbocycles. The van der Waals surface area contributed by atoms with E-state index in [4.69, 9.17) is 28.9 Å². The van der Waals surface area contributed by atoms with E-state index in [1.165, 1.54) is 16.9 Å². The van der Waals surface area contributed by atoms with Gasteiger partial charge in [-0.05, 0) is 23.6 Å². The van der Waals surface area contributed by atoms with Crippen LogP contribution in [0.2, 0.25) is 9.36 Å². The van der Waals surface area contributed by atoms with Gasteiger partial charge in [0.1, 0.15) is 10.0 Å². The van der Waals surface area contributed by atoms with E-state index < -0.39 is 0 Å². The summed E-state index contributed by atoms with van der Waals surface area (Å²) < 4.78 is 1.39. The lowest BCUT2D eigenvalue weighted by Crippen LogP contribution is -2.40. The first-order chi connectivity index (χ1) is 11.0. The second-order valence-corrected chi connectivity index (χ2v) is 7.65. The highest BCUT2D eigenvalue weighted by atomic mass is 35.5. The van der Waals surface area contributed by atoms with Crippen molar-refractivity contribution in [1.29, 1.82) is 0 Å². The zero-order valence-electron chi connectivity index (χ0n) is 11.9. The Morgan fingerprint density at radius 3 is 2.87 bits per heavy atom. The van der Waals surface area contributed by atoms with Crippen LogP contribution in [0.3, 0.4) is 0 Å². The first-order valence-electron chi connectivity index (χ1n) is 7.15. The molecule has 2 atom stereocenters. The second-order valence-electron chi connectivity index (χ2n) is 5.62. The lowest BCUT2D eigenvalue weighted by atomic mass is 10.1. The molecule has 7 heteroatoms. The predicted molar refractivity (Wildman–Crippen MR) is 94.5 cm³/mol. The Bertz CT molecular complexity index is 917. The molecule has 4 nitrogen and oxygen atoms in total. The van der Waals surface area contributed by atoms with Crippen LogP contribution in [0, 0.1) is 0 Å². The second kappa shape index (κ2) is 5.53. The monoisotopic (exact) mass is 365 g/mol. The molecule has 2 heterocycles. The molecule has 0 aliphatic heterocycles. The molecule has 1 amide bonds. The first kappa shape index (κ1) is 15.0. The summed E-state index contributed by atoms with van der Waals surface area (Å²) in [6.45, 7) is 0. The topological polar surface area (TPSA) is 70.9 Å². The maximum absolute atomic E-state index is 12.5. The molecule has 4 rings (SSSR count). The Kier molecular flexibility index (Phi) is 3.61. The number of halogens is 2. The fraction of sp³-hybridized carbons (Fsp3) is 0.188. The van der Waals surface area contributed by atoms with Crippen molar-refractivity contribution in [3.05, 3.63) is 56.5 Å². The minimum absolute atomic E-state index is 0.111. The average Bonchev–Trinajstić information content (AvgIpc) is 3.16. The van der Waals surface area contributed by atoms with E-state index in [2.05, 4.69) is 10.3 Å². The molecule has 0 spiro atoms. The zero-order chi connectivity index (χ0) is 16.1. The van der Waals surface area contributed by atoms with Crippen LogP contribution >= 0.6 is 34.5 Å². The fourth-order valence-electron chi connectivity index (χ4n) is 3.05. The number of rotatable bonds is 2. The van der Waals surface area contributed by atoms with Crippen LogP contribution in [-0.4, -0.2) is 16.9 Å². The zero-order valence-corrected chi connectivity index (χ0v) is 14.2. The van der Waals surface area contributed by atoms with Gasteiger partial charge in [-0.3, -0.25) is 4.79 Å². The Labute approximate surface area is 146 Å². The van der Waals surface area contributed by atoms with Crippen molar-refractivity contribution < 1.29 is 4.79 Å². The van der Waals surface area contributed by atoms with Crippen molar-refractivity contribution in [2.24, 2.45) is 5.73 Å². The Hall–Kier alpha value is -1.53. The highest BCUT2D eigenvalue weighted by Gasteiger charge is 2.31. The number of nitrogens with two attached hydrogens (primary N) is 1. The minimum atomic E-state index is -0.190. The number of benzene rings is 1. The number of hydrogen-bond acceptors (Lipinski definition) is 3. The number of H-pyrrole nitrogens is 1. The van der Waals surface area contributed by atoms with Gasteiger partial charge in [0.25, 0.3) is 5.91 Å². The van der Waals surface area contributed by atoms with Crippen LogP contribution in [0.1, 0.15) is 27.7 Å². The van der Waals surface area contributed by atoms with Crippen molar-refractivity contribution in [2.75, 3.05) is 0 Å². The van der Waals surface area contributed by atoms with Gasteiger partial charge >= 0.3 is 0 Å². The van der Waals surface area contributed by atoms with Crippen molar-refractivity contribution in [3.63, 3.8) is 0 Å². The number of aromatic nitrogens is 1. The van der Waals surface area contributed by atoms with E-state index in [0.717, 1.165) is 16.7 Å². The number of amides is 1. The van der Waals surface area contributed by atoms with E-state index in [-0.39, 0.29) is 18.0 Å². The maximum atomic E-state index is 12.5. The summed E-state index contributed by atoms with van der Waals surface area (Å²) in [4.78, 5) is 15.5. The van der Waals surface area contributed by atoms with Gasteiger partial charge in [-0.25, -0.2) is 0 Å². The molecule has 0 fully saturated rings. The van der Waals surface area contributed by atoms with Crippen LogP contribution in [0.15, 0.2) is 30.3 Å². The number of nitrogens with one attached hydrogen (secondary N) is 2. The van der Waals surface area contributed by atoms with Crippen molar-refractivity contribution in [1.82, 2.24) is 10.3 Å². The first-order valence-corrected chi connectivity index (χ1v) is 8.72. The van der Waals surface area contributed by atoms with Gasteiger partial charge in [0, 0.05) is 0 Å². The van der Waals surface area contributed by atoms with Crippen LogP contribution < -0.4 is 11.1 Å². The number of fused-ring (bicyclic) bond motifs is 2. The summed E-state index contributed by atoms with van der Waals surface area (Å²) in [6, 6.07) is 9.48. The summed E-state index contributed by atoms with van der Waals surface area (Å²) in [7, 11) is 0. The average molecular weight is 366 g/mol. The maximum Gasteiger partial charge on any atom is 0.268 e. The quantitative estimate of drug-likeness (QED) is 0.644. The molecule has 4 N–H and O–H groups in total. The van der Waals surface area contributed by atoms with Crippen molar-refractivity contribution in [3.8, 4) is 0 Å². The van der Waals surface area contributed by atoms with Gasteiger partial charge < -0.3 is 16.0 Å². The minimum Gasteiger partial charge on any atom is -0.349 e. The van der Waals surface area contributed by atoms with Gasteiger partial charge in [-0.15, -0.1) is 11.3 Å². The fourth-order valence-corrected chi connectivity index (χ4v) is 4.54. The largest absolute Gasteiger partial charge is 0.349 e. The number of carbonyl (C=O) groups is 1. The van der Waals surface area contributed by atoms with Gasteiger partial charge in [-0.1, -0.05) is 47.5 Å². The summed E-state index contributed by atoms with van der Waals surface area (Å²) in [5, 5.41) is 3.46. The van der Waals surface area contributed by atoms with E-state index in [1.54, 1.807) is 6.07 Å². The Morgan fingerprint density at radius 2 is 2.13 bits per heavy atom. The number of hydrogen-bond donors (Lipinski definition) is 3. The summed E-state index contributed by atoms with van der Waals surface area (Å²) in [6.07, 6.45) is 0.741. The van der Waals surface area contributed by atoms with E-state index in [1.807, 2.05) is 24.3 Å². The molecule has 3 aromatic rings. The molecule has 23 heavy (non-hydrogen) atoms. The van der Waals surface area contributed by atoms with Crippen molar-refractivity contribution >= 4 is 50.7 Å².